The van der Waals surface area contributed by atoms with Crippen molar-refractivity contribution in [2.24, 2.45) is 0 Å². The van der Waals surface area contributed by atoms with Crippen molar-refractivity contribution >= 4 is 0 Å². The molecule has 0 saturated heterocycles. The first-order chi connectivity index (χ1) is 8.36. The average Bonchev–Trinajstić information content (AvgIpc) is 3.09. The highest BCUT2D eigenvalue weighted by atomic mass is 16.5. The van der Waals surface area contributed by atoms with E-state index in [1.165, 1.54) is 0 Å². The van der Waals surface area contributed by atoms with Crippen molar-refractivity contribution in [3.63, 3.8) is 0 Å². The van der Waals surface area contributed by atoms with Crippen LogP contribution in [-0.4, -0.2) is 10.1 Å². The molecule has 1 aromatic heterocycles. The van der Waals surface area contributed by atoms with E-state index in [1.807, 2.05) is 24.3 Å². The average molecular weight is 225 g/mol. The summed E-state index contributed by atoms with van der Waals surface area (Å²) in [6.45, 7) is 0. The molecule has 2 aromatic rings. The van der Waals surface area contributed by atoms with E-state index in [9.17, 15) is 0 Å². The van der Waals surface area contributed by atoms with Gasteiger partial charge in [0.25, 0.3) is 0 Å². The molecule has 0 bridgehead atoms. The highest BCUT2D eigenvalue weighted by Gasteiger charge is 2.29. The predicted octanol–water partition coefficient (Wildman–Crippen LogP) is 2.68. The Kier molecular flexibility index (Phi) is 2.37. The first-order valence-corrected chi connectivity index (χ1v) is 5.66. The third-order valence-corrected chi connectivity index (χ3v) is 2.86. The van der Waals surface area contributed by atoms with E-state index in [2.05, 4.69) is 16.2 Å². The Balaban J connectivity index is 1.84. The van der Waals surface area contributed by atoms with Gasteiger partial charge < -0.3 is 4.52 Å². The molecule has 1 saturated carbocycles. The van der Waals surface area contributed by atoms with Crippen molar-refractivity contribution in [2.75, 3.05) is 0 Å². The second kappa shape index (κ2) is 4.02. The van der Waals surface area contributed by atoms with Gasteiger partial charge in [0.2, 0.25) is 11.7 Å². The lowest BCUT2D eigenvalue weighted by molar-refractivity contribution is 0.380. The van der Waals surface area contributed by atoms with E-state index in [0.29, 0.717) is 18.2 Å². The molecule has 4 nitrogen and oxygen atoms in total. The van der Waals surface area contributed by atoms with E-state index in [4.69, 9.17) is 9.78 Å². The van der Waals surface area contributed by atoms with E-state index in [0.717, 1.165) is 29.9 Å². The summed E-state index contributed by atoms with van der Waals surface area (Å²) >= 11 is 0. The van der Waals surface area contributed by atoms with E-state index >= 15 is 0 Å². The summed E-state index contributed by atoms with van der Waals surface area (Å²) in [7, 11) is 0. The SMILES string of the molecule is N#CCc1ccc(-c2noc(C3CC3)n2)cc1. The van der Waals surface area contributed by atoms with Crippen LogP contribution in [0.5, 0.6) is 0 Å². The first kappa shape index (κ1) is 10.0. The van der Waals surface area contributed by atoms with Crippen LogP contribution in [0.3, 0.4) is 0 Å². The fourth-order valence-corrected chi connectivity index (χ4v) is 1.71. The molecular formula is C13H11N3O. The Morgan fingerprint density at radius 1 is 1.29 bits per heavy atom. The number of benzene rings is 1. The maximum atomic E-state index is 8.59. The van der Waals surface area contributed by atoms with Crippen molar-refractivity contribution in [3.8, 4) is 17.5 Å². The van der Waals surface area contributed by atoms with Gasteiger partial charge in [-0.15, -0.1) is 0 Å². The van der Waals surface area contributed by atoms with Crippen molar-refractivity contribution in [1.29, 1.82) is 5.26 Å². The fourth-order valence-electron chi connectivity index (χ4n) is 1.71. The molecule has 0 N–H and O–H groups in total. The summed E-state index contributed by atoms with van der Waals surface area (Å²) in [5, 5.41) is 12.6. The molecule has 1 aliphatic carbocycles. The van der Waals surface area contributed by atoms with E-state index in [1.54, 1.807) is 0 Å². The smallest absolute Gasteiger partial charge is 0.230 e. The maximum absolute atomic E-state index is 8.59. The first-order valence-electron chi connectivity index (χ1n) is 5.66. The van der Waals surface area contributed by atoms with Gasteiger partial charge in [0.05, 0.1) is 12.5 Å². The highest BCUT2D eigenvalue weighted by molar-refractivity contribution is 5.54. The van der Waals surface area contributed by atoms with Gasteiger partial charge in [-0.1, -0.05) is 29.4 Å². The van der Waals surface area contributed by atoms with Gasteiger partial charge in [0.15, 0.2) is 0 Å². The topological polar surface area (TPSA) is 62.7 Å². The van der Waals surface area contributed by atoms with Gasteiger partial charge in [-0.3, -0.25) is 0 Å². The van der Waals surface area contributed by atoms with Crippen LogP contribution < -0.4 is 0 Å². The van der Waals surface area contributed by atoms with Gasteiger partial charge in [0, 0.05) is 11.5 Å². The number of hydrogen-bond acceptors (Lipinski definition) is 4. The van der Waals surface area contributed by atoms with Crippen LogP contribution >= 0.6 is 0 Å². The molecule has 3 rings (SSSR count). The molecule has 0 amide bonds. The van der Waals surface area contributed by atoms with Crippen molar-refractivity contribution in [2.45, 2.75) is 25.2 Å². The van der Waals surface area contributed by atoms with Crippen LogP contribution in [0.15, 0.2) is 28.8 Å². The minimum Gasteiger partial charge on any atom is -0.339 e. The number of aromatic nitrogens is 2. The second-order valence-electron chi connectivity index (χ2n) is 4.26. The summed E-state index contributed by atoms with van der Waals surface area (Å²) in [5.74, 6) is 1.87. The van der Waals surface area contributed by atoms with E-state index < -0.39 is 0 Å². The Bertz CT molecular complexity index is 561. The highest BCUT2D eigenvalue weighted by Crippen LogP contribution is 2.39. The van der Waals surface area contributed by atoms with Crippen LogP contribution in [0.1, 0.15) is 30.2 Å². The molecular weight excluding hydrogens is 214 g/mol. The third-order valence-electron chi connectivity index (χ3n) is 2.86. The van der Waals surface area contributed by atoms with Gasteiger partial charge in [0.1, 0.15) is 0 Å². The lowest BCUT2D eigenvalue weighted by Crippen LogP contribution is -1.84. The molecule has 1 heterocycles. The van der Waals surface area contributed by atoms with Crippen molar-refractivity contribution in [1.82, 2.24) is 10.1 Å². The van der Waals surface area contributed by atoms with Crippen LogP contribution in [0.25, 0.3) is 11.4 Å². The van der Waals surface area contributed by atoms with Crippen LogP contribution in [0.2, 0.25) is 0 Å². The summed E-state index contributed by atoms with van der Waals surface area (Å²) in [6.07, 6.45) is 2.74. The van der Waals surface area contributed by atoms with Crippen LogP contribution in [-0.2, 0) is 6.42 Å². The summed E-state index contributed by atoms with van der Waals surface area (Å²) in [4.78, 5) is 4.38. The minimum absolute atomic E-state index is 0.430. The lowest BCUT2D eigenvalue weighted by Gasteiger charge is -1.96. The molecule has 17 heavy (non-hydrogen) atoms. The maximum Gasteiger partial charge on any atom is 0.230 e. The predicted molar refractivity (Wildman–Crippen MR) is 61.0 cm³/mol. The molecule has 1 aliphatic rings. The van der Waals surface area contributed by atoms with Gasteiger partial charge in [-0.25, -0.2) is 0 Å². The number of nitriles is 1. The zero-order valence-corrected chi connectivity index (χ0v) is 9.26. The lowest BCUT2D eigenvalue weighted by atomic mass is 10.1. The third kappa shape index (κ3) is 2.04. The Morgan fingerprint density at radius 3 is 2.71 bits per heavy atom. The Morgan fingerprint density at radius 2 is 2.06 bits per heavy atom. The molecule has 84 valence electrons. The van der Waals surface area contributed by atoms with Gasteiger partial charge in [-0.05, 0) is 18.4 Å². The monoisotopic (exact) mass is 225 g/mol. The molecule has 4 heteroatoms. The summed E-state index contributed by atoms with van der Waals surface area (Å²) in [6, 6.07) is 9.82. The normalized spacial score (nSPS) is 14.5. The zero-order valence-electron chi connectivity index (χ0n) is 9.26. The molecule has 0 aliphatic heterocycles. The molecule has 0 radical (unpaired) electrons. The largest absolute Gasteiger partial charge is 0.339 e. The molecule has 0 spiro atoms. The van der Waals surface area contributed by atoms with Crippen molar-refractivity contribution in [3.05, 3.63) is 35.7 Å². The zero-order chi connectivity index (χ0) is 11.7. The molecule has 1 fully saturated rings. The molecule has 0 atom stereocenters. The van der Waals surface area contributed by atoms with Crippen molar-refractivity contribution < 1.29 is 4.52 Å². The quantitative estimate of drug-likeness (QED) is 0.805. The Hall–Kier alpha value is -2.15. The standard InChI is InChI=1S/C13H11N3O/c14-8-7-9-1-3-10(4-2-9)12-15-13(17-16-12)11-5-6-11/h1-4,11H,5-7H2. The van der Waals surface area contributed by atoms with Crippen LogP contribution in [0, 0.1) is 11.3 Å². The number of rotatable bonds is 3. The summed E-state index contributed by atoms with van der Waals surface area (Å²) < 4.78 is 5.21. The van der Waals surface area contributed by atoms with Gasteiger partial charge in [-0.2, -0.15) is 10.2 Å². The van der Waals surface area contributed by atoms with E-state index in [-0.39, 0.29) is 0 Å². The van der Waals surface area contributed by atoms with Crippen LogP contribution in [0.4, 0.5) is 0 Å². The number of hydrogen-bond donors (Lipinski definition) is 0. The second-order valence-corrected chi connectivity index (χ2v) is 4.26. The molecule has 0 unspecified atom stereocenters. The Labute approximate surface area is 98.9 Å². The number of nitrogens with zero attached hydrogens (tertiary/aromatic N) is 3. The molecule has 1 aromatic carbocycles. The summed E-state index contributed by atoms with van der Waals surface area (Å²) in [5.41, 5.74) is 1.93. The van der Waals surface area contributed by atoms with Gasteiger partial charge >= 0.3 is 0 Å². The fraction of sp³-hybridized carbons (Fsp3) is 0.308. The minimum atomic E-state index is 0.430.